The van der Waals surface area contributed by atoms with Gasteiger partial charge in [-0.2, -0.15) is 0 Å². The summed E-state index contributed by atoms with van der Waals surface area (Å²) in [6.07, 6.45) is 0. The summed E-state index contributed by atoms with van der Waals surface area (Å²) in [6.45, 7) is 0.00474. The molecule has 0 atom stereocenters. The Bertz CT molecular complexity index is 261. The summed E-state index contributed by atoms with van der Waals surface area (Å²) in [6, 6.07) is 6.01. The Morgan fingerprint density at radius 3 is 2.08 bits per heavy atom. The molecule has 0 radical (unpaired) electrons. The molecule has 74 valence electrons. The molecule has 0 amide bonds. The number of hydrogen-bond acceptors (Lipinski definition) is 3. The average molecular weight is 224 g/mol. The molecule has 0 aromatic heterocycles. The number of carbonyl (C=O) groups is 1. The third-order valence-corrected chi connectivity index (χ3v) is 1.37. The summed E-state index contributed by atoms with van der Waals surface area (Å²) in [4.78, 5) is 10.9. The van der Waals surface area contributed by atoms with Crippen LogP contribution in [0.3, 0.4) is 0 Å². The van der Waals surface area contributed by atoms with Crippen LogP contribution in [0, 0.1) is 0 Å². The van der Waals surface area contributed by atoms with Crippen LogP contribution in [0.4, 0.5) is 0 Å². The third kappa shape index (κ3) is 4.12. The van der Waals surface area contributed by atoms with Gasteiger partial charge in [0.15, 0.2) is 5.78 Å². The van der Waals surface area contributed by atoms with E-state index in [0.29, 0.717) is 5.56 Å². The fourth-order valence-electron chi connectivity index (χ4n) is 0.765. The number of halogens is 2. The maximum atomic E-state index is 10.9. The molecule has 0 unspecified atom stereocenters. The van der Waals surface area contributed by atoms with Gasteiger partial charge >= 0.3 is 0 Å². The van der Waals surface area contributed by atoms with Crippen LogP contribution in [0.2, 0.25) is 0 Å². The monoisotopic (exact) mass is 223 g/mol. The number of carbonyl (C=O) groups excluding carboxylic acids is 1. The van der Waals surface area contributed by atoms with Crippen molar-refractivity contribution in [3.63, 3.8) is 0 Å². The molecule has 3 nitrogen and oxygen atoms in total. The number of nitrogens with two attached hydrogens (primary N) is 1. The minimum absolute atomic E-state index is 0. The van der Waals surface area contributed by atoms with E-state index in [1.165, 1.54) is 12.1 Å². The second-order valence-electron chi connectivity index (χ2n) is 2.17. The first-order valence-electron chi connectivity index (χ1n) is 3.26. The van der Waals surface area contributed by atoms with Crippen molar-refractivity contribution < 1.29 is 9.90 Å². The largest absolute Gasteiger partial charge is 0.508 e. The average Bonchev–Trinajstić information content (AvgIpc) is 2.05. The predicted octanol–water partition coefficient (Wildman–Crippen LogP) is 1.38. The Balaban J connectivity index is 0. The molecule has 0 saturated heterocycles. The number of hydrogen-bond donors (Lipinski definition) is 2. The number of benzene rings is 1. The van der Waals surface area contributed by atoms with Crippen molar-refractivity contribution in [1.29, 1.82) is 0 Å². The van der Waals surface area contributed by atoms with Crippen LogP contribution < -0.4 is 5.73 Å². The zero-order chi connectivity index (χ0) is 8.27. The van der Waals surface area contributed by atoms with Gasteiger partial charge in [0.1, 0.15) is 5.75 Å². The molecule has 0 aliphatic carbocycles. The quantitative estimate of drug-likeness (QED) is 0.746. The molecule has 13 heavy (non-hydrogen) atoms. The van der Waals surface area contributed by atoms with Gasteiger partial charge in [-0.3, -0.25) is 4.79 Å². The standard InChI is InChI=1S/C8H9NO2.2ClH/c9-5-8(11)6-1-3-7(10)4-2-6;;/h1-4,10H,5,9H2;2*1H. The molecule has 0 saturated carbocycles. The lowest BCUT2D eigenvalue weighted by Gasteiger charge is -1.96. The molecule has 1 rings (SSSR count). The summed E-state index contributed by atoms with van der Waals surface area (Å²) < 4.78 is 0. The van der Waals surface area contributed by atoms with Gasteiger partial charge in [-0.05, 0) is 24.3 Å². The van der Waals surface area contributed by atoms with Gasteiger partial charge in [0, 0.05) is 5.56 Å². The highest BCUT2D eigenvalue weighted by molar-refractivity contribution is 5.97. The molecule has 0 aliphatic rings. The van der Waals surface area contributed by atoms with Crippen molar-refractivity contribution >= 4 is 30.6 Å². The van der Waals surface area contributed by atoms with Crippen LogP contribution >= 0.6 is 24.8 Å². The summed E-state index contributed by atoms with van der Waals surface area (Å²) >= 11 is 0. The molecule has 1 aromatic carbocycles. The second kappa shape index (κ2) is 6.71. The van der Waals surface area contributed by atoms with Gasteiger partial charge in [-0.15, -0.1) is 24.8 Å². The normalized spacial score (nSPS) is 8.08. The van der Waals surface area contributed by atoms with Gasteiger partial charge in [0.2, 0.25) is 0 Å². The molecule has 0 fully saturated rings. The minimum atomic E-state index is -0.120. The Hall–Kier alpha value is -0.770. The molecule has 3 N–H and O–H groups in total. The van der Waals surface area contributed by atoms with Crippen LogP contribution in [-0.2, 0) is 0 Å². The van der Waals surface area contributed by atoms with Crippen molar-refractivity contribution in [2.24, 2.45) is 5.73 Å². The first kappa shape index (κ1) is 14.7. The van der Waals surface area contributed by atoms with Gasteiger partial charge in [-0.25, -0.2) is 0 Å². The van der Waals surface area contributed by atoms with Crippen LogP contribution in [0.25, 0.3) is 0 Å². The summed E-state index contributed by atoms with van der Waals surface area (Å²) in [7, 11) is 0. The number of phenolic OH excluding ortho intramolecular Hbond substituents is 1. The van der Waals surface area contributed by atoms with Crippen molar-refractivity contribution in [2.45, 2.75) is 0 Å². The SMILES string of the molecule is Cl.Cl.NCC(=O)c1ccc(O)cc1. The highest BCUT2D eigenvalue weighted by Crippen LogP contribution is 2.09. The number of rotatable bonds is 2. The van der Waals surface area contributed by atoms with E-state index in [1.807, 2.05) is 0 Å². The predicted molar refractivity (Wildman–Crippen MR) is 56.0 cm³/mol. The zero-order valence-electron chi connectivity index (χ0n) is 6.77. The van der Waals surface area contributed by atoms with Crippen LogP contribution in [0.15, 0.2) is 24.3 Å². The summed E-state index contributed by atoms with van der Waals surface area (Å²) in [5, 5.41) is 8.87. The first-order chi connectivity index (χ1) is 5.24. The Morgan fingerprint density at radius 1 is 1.23 bits per heavy atom. The van der Waals surface area contributed by atoms with E-state index >= 15 is 0 Å². The van der Waals surface area contributed by atoms with Crippen molar-refractivity contribution in [2.75, 3.05) is 6.54 Å². The fourth-order valence-corrected chi connectivity index (χ4v) is 0.765. The molecule has 5 heteroatoms. The van der Waals surface area contributed by atoms with E-state index in [1.54, 1.807) is 12.1 Å². The molecule has 0 bridgehead atoms. The topological polar surface area (TPSA) is 63.3 Å². The third-order valence-electron chi connectivity index (χ3n) is 1.37. The molecular weight excluding hydrogens is 213 g/mol. The highest BCUT2D eigenvalue weighted by Gasteiger charge is 2.00. The lowest BCUT2D eigenvalue weighted by Crippen LogP contribution is -2.13. The highest BCUT2D eigenvalue weighted by atomic mass is 35.5. The maximum absolute atomic E-state index is 10.9. The Kier molecular flexibility index (Phi) is 7.61. The lowest BCUT2D eigenvalue weighted by molar-refractivity contribution is 0.100. The number of aromatic hydroxyl groups is 1. The minimum Gasteiger partial charge on any atom is -0.508 e. The summed E-state index contributed by atoms with van der Waals surface area (Å²) in [5.41, 5.74) is 5.66. The molecule has 0 aliphatic heterocycles. The van der Waals surface area contributed by atoms with Crippen molar-refractivity contribution in [3.05, 3.63) is 29.8 Å². The van der Waals surface area contributed by atoms with Gasteiger partial charge in [0.05, 0.1) is 6.54 Å². The van der Waals surface area contributed by atoms with Crippen LogP contribution in [-0.4, -0.2) is 17.4 Å². The van der Waals surface area contributed by atoms with E-state index in [4.69, 9.17) is 10.8 Å². The van der Waals surface area contributed by atoms with Gasteiger partial charge in [-0.1, -0.05) is 0 Å². The van der Waals surface area contributed by atoms with E-state index < -0.39 is 0 Å². The lowest BCUT2D eigenvalue weighted by atomic mass is 10.1. The van der Waals surface area contributed by atoms with Crippen LogP contribution in [0.1, 0.15) is 10.4 Å². The second-order valence-corrected chi connectivity index (χ2v) is 2.17. The smallest absolute Gasteiger partial charge is 0.176 e. The molecule has 0 spiro atoms. The Labute approximate surface area is 88.8 Å². The Morgan fingerprint density at radius 2 is 1.69 bits per heavy atom. The molecule has 0 heterocycles. The fraction of sp³-hybridized carbons (Fsp3) is 0.125. The zero-order valence-corrected chi connectivity index (χ0v) is 8.40. The van der Waals surface area contributed by atoms with Gasteiger partial charge in [0.25, 0.3) is 0 Å². The van der Waals surface area contributed by atoms with Crippen molar-refractivity contribution in [1.82, 2.24) is 0 Å². The first-order valence-corrected chi connectivity index (χ1v) is 3.26. The van der Waals surface area contributed by atoms with E-state index in [9.17, 15) is 4.79 Å². The number of ketones is 1. The number of phenols is 1. The number of Topliss-reactive ketones (excluding diaryl/α,β-unsaturated/α-hetero) is 1. The maximum Gasteiger partial charge on any atom is 0.176 e. The van der Waals surface area contributed by atoms with Gasteiger partial charge < -0.3 is 10.8 Å². The summed E-state index contributed by atoms with van der Waals surface area (Å²) in [5.74, 6) is 0.0311. The molecular formula is C8H11Cl2NO2. The van der Waals surface area contributed by atoms with E-state index in [2.05, 4.69) is 0 Å². The molecule has 1 aromatic rings. The van der Waals surface area contributed by atoms with Crippen LogP contribution in [0.5, 0.6) is 5.75 Å². The van der Waals surface area contributed by atoms with E-state index in [0.717, 1.165) is 0 Å². The van der Waals surface area contributed by atoms with Crippen molar-refractivity contribution in [3.8, 4) is 5.75 Å². The van der Waals surface area contributed by atoms with E-state index in [-0.39, 0.29) is 42.9 Å².